The Balaban J connectivity index is 1.16. The van der Waals surface area contributed by atoms with Gasteiger partial charge in [0.1, 0.15) is 29.2 Å². The second-order valence-corrected chi connectivity index (χ2v) is 13.3. The van der Waals surface area contributed by atoms with Gasteiger partial charge in [-0.3, -0.25) is 14.6 Å². The summed E-state index contributed by atoms with van der Waals surface area (Å²) in [6, 6.07) is 22.6. The smallest absolute Gasteiger partial charge is 0.410 e. The summed E-state index contributed by atoms with van der Waals surface area (Å²) in [5, 5.41) is 16.8. The number of hydrogen-bond donors (Lipinski definition) is 3. The Morgan fingerprint density at radius 3 is 2.31 bits per heavy atom. The fraction of sp³-hybridized carbons (Fsp3) is 0.256. The van der Waals surface area contributed by atoms with E-state index in [0.29, 0.717) is 65.9 Å². The lowest BCUT2D eigenvalue weighted by Gasteiger charge is -2.36. The van der Waals surface area contributed by atoms with E-state index in [9.17, 15) is 19.5 Å². The number of carbonyl (C=O) groups is 3. The summed E-state index contributed by atoms with van der Waals surface area (Å²) in [4.78, 5) is 60.2. The molecule has 3 N–H and O–H groups in total. The third-order valence-electron chi connectivity index (χ3n) is 8.19. The molecule has 2 amide bonds. The Bertz CT molecular complexity index is 2010. The number of rotatable bonds is 10. The van der Waals surface area contributed by atoms with E-state index < -0.39 is 17.5 Å². The van der Waals surface area contributed by atoms with Crippen molar-refractivity contribution in [1.29, 1.82) is 0 Å². The number of hydrogen-bond acceptors (Lipinski definition) is 11. The predicted octanol–water partition coefficient (Wildman–Crippen LogP) is 5.83. The molecule has 13 nitrogen and oxygen atoms in total. The molecule has 0 spiro atoms. The summed E-state index contributed by atoms with van der Waals surface area (Å²) in [6.07, 6.45) is 4.84. The van der Waals surface area contributed by atoms with Crippen LogP contribution in [0.25, 0.3) is 11.3 Å². The van der Waals surface area contributed by atoms with Gasteiger partial charge in [0.15, 0.2) is 5.78 Å². The van der Waals surface area contributed by atoms with Crippen LogP contribution in [0, 0.1) is 0 Å². The SMILES string of the molecule is CC(C)(C)OC(=O)N1CCN(c2cc(-c3cc(NC(=O)Cc4ccc(C(O)C(=O)c5ccccc5)cc4)cc(Nc4cnccn4)n3)ccn2)CC1. The average molecular weight is 701 g/mol. The lowest BCUT2D eigenvalue weighted by atomic mass is 9.98. The van der Waals surface area contributed by atoms with Crippen molar-refractivity contribution < 1.29 is 24.2 Å². The molecule has 1 unspecified atom stereocenters. The monoisotopic (exact) mass is 700 g/mol. The number of aliphatic hydroxyl groups is 1. The van der Waals surface area contributed by atoms with Crippen LogP contribution >= 0.6 is 0 Å². The summed E-state index contributed by atoms with van der Waals surface area (Å²) >= 11 is 0. The van der Waals surface area contributed by atoms with Crippen molar-refractivity contribution in [2.75, 3.05) is 41.7 Å². The van der Waals surface area contributed by atoms with Crippen molar-refractivity contribution >= 4 is 40.9 Å². The molecule has 1 atom stereocenters. The van der Waals surface area contributed by atoms with Gasteiger partial charge >= 0.3 is 6.09 Å². The number of Topliss-reactive ketones (excluding diaryl/α,β-unsaturated/α-hetero) is 1. The zero-order chi connectivity index (χ0) is 36.7. The van der Waals surface area contributed by atoms with Gasteiger partial charge in [0.25, 0.3) is 0 Å². The highest BCUT2D eigenvalue weighted by Gasteiger charge is 2.26. The van der Waals surface area contributed by atoms with Gasteiger partial charge in [-0.2, -0.15) is 0 Å². The zero-order valence-electron chi connectivity index (χ0n) is 29.2. The molecule has 1 saturated heterocycles. The molecule has 0 saturated carbocycles. The molecule has 6 rings (SSSR count). The number of ketones is 1. The van der Waals surface area contributed by atoms with E-state index in [-0.39, 0.29) is 18.4 Å². The lowest BCUT2D eigenvalue weighted by molar-refractivity contribution is -0.115. The van der Waals surface area contributed by atoms with Crippen molar-refractivity contribution in [2.45, 2.75) is 38.9 Å². The number of carbonyl (C=O) groups excluding carboxylic acids is 3. The molecule has 2 aromatic carbocycles. The Morgan fingerprint density at radius 1 is 0.865 bits per heavy atom. The normalized spacial score (nSPS) is 13.6. The van der Waals surface area contributed by atoms with Gasteiger partial charge < -0.3 is 30.3 Å². The number of nitrogens with one attached hydrogen (secondary N) is 2. The minimum absolute atomic E-state index is 0.0578. The molecular formula is C39H40N8O5. The highest BCUT2D eigenvalue weighted by atomic mass is 16.6. The third-order valence-corrected chi connectivity index (χ3v) is 8.19. The van der Waals surface area contributed by atoms with Crippen LogP contribution in [0.3, 0.4) is 0 Å². The molecule has 5 aromatic rings. The molecule has 52 heavy (non-hydrogen) atoms. The topological polar surface area (TPSA) is 163 Å². The number of ether oxygens (including phenoxy) is 1. The molecule has 0 aliphatic carbocycles. The average Bonchev–Trinajstić information content (AvgIpc) is 3.14. The zero-order valence-corrected chi connectivity index (χ0v) is 29.2. The summed E-state index contributed by atoms with van der Waals surface area (Å²) < 4.78 is 5.54. The van der Waals surface area contributed by atoms with E-state index in [1.54, 1.807) is 96.4 Å². The molecule has 266 valence electrons. The number of anilines is 4. The van der Waals surface area contributed by atoms with Crippen LogP contribution in [-0.4, -0.2) is 79.5 Å². The van der Waals surface area contributed by atoms with Crippen LogP contribution in [0.15, 0.2) is 104 Å². The first kappa shape index (κ1) is 35.6. The number of aromatic nitrogens is 4. The summed E-state index contributed by atoms with van der Waals surface area (Å²) in [7, 11) is 0. The van der Waals surface area contributed by atoms with E-state index in [0.717, 1.165) is 11.4 Å². The van der Waals surface area contributed by atoms with Gasteiger partial charge in [0.05, 0.1) is 18.3 Å². The number of benzene rings is 2. The molecule has 0 bridgehead atoms. The van der Waals surface area contributed by atoms with Gasteiger partial charge in [0.2, 0.25) is 5.91 Å². The second-order valence-electron chi connectivity index (χ2n) is 13.3. The summed E-state index contributed by atoms with van der Waals surface area (Å²) in [5.41, 5.74) is 2.87. The van der Waals surface area contributed by atoms with Gasteiger partial charge in [-0.25, -0.2) is 19.7 Å². The number of piperazine rings is 1. The van der Waals surface area contributed by atoms with E-state index in [2.05, 4.69) is 30.5 Å². The standard InChI is InChI=1S/C39H40N8O5/c1-39(2,3)52-38(51)47-19-17-46(18-20-47)34-22-29(13-14-42-34)31-23-30(24-32(44-31)45-33-25-40-15-16-41-33)43-35(48)21-26-9-11-28(12-10-26)37(50)36(49)27-7-5-4-6-8-27/h4-16,22-25,37,50H,17-21H2,1-3H3,(H2,41,43,44,45,48). The molecule has 3 aromatic heterocycles. The molecule has 13 heteroatoms. The first-order valence-electron chi connectivity index (χ1n) is 16.9. The number of aliphatic hydroxyl groups excluding tert-OH is 1. The third kappa shape index (κ3) is 9.31. The van der Waals surface area contributed by atoms with Crippen molar-refractivity contribution in [1.82, 2.24) is 24.8 Å². The predicted molar refractivity (Wildman–Crippen MR) is 197 cm³/mol. The molecule has 0 radical (unpaired) electrons. The van der Waals surface area contributed by atoms with Crippen molar-refractivity contribution in [3.8, 4) is 11.3 Å². The van der Waals surface area contributed by atoms with Crippen LogP contribution in [0.2, 0.25) is 0 Å². The molecular weight excluding hydrogens is 660 g/mol. The maximum Gasteiger partial charge on any atom is 0.410 e. The molecule has 1 aliphatic rings. The molecule has 1 aliphatic heterocycles. The van der Waals surface area contributed by atoms with Crippen LogP contribution in [0.5, 0.6) is 0 Å². The number of pyridine rings is 2. The molecule has 1 fully saturated rings. The highest BCUT2D eigenvalue weighted by molar-refractivity contribution is 6.00. The minimum atomic E-state index is -1.31. The number of amides is 2. The van der Waals surface area contributed by atoms with Crippen molar-refractivity contribution in [3.05, 3.63) is 120 Å². The fourth-order valence-electron chi connectivity index (χ4n) is 5.62. The van der Waals surface area contributed by atoms with Crippen LogP contribution < -0.4 is 15.5 Å². The van der Waals surface area contributed by atoms with Crippen molar-refractivity contribution in [3.63, 3.8) is 0 Å². The Morgan fingerprint density at radius 2 is 1.62 bits per heavy atom. The summed E-state index contributed by atoms with van der Waals surface area (Å²) in [6.45, 7) is 7.73. The van der Waals surface area contributed by atoms with Gasteiger partial charge in [0, 0.05) is 67.7 Å². The van der Waals surface area contributed by atoms with Gasteiger partial charge in [-0.15, -0.1) is 0 Å². The van der Waals surface area contributed by atoms with E-state index >= 15 is 0 Å². The van der Waals surface area contributed by atoms with Gasteiger partial charge in [-0.05, 0) is 50.1 Å². The minimum Gasteiger partial charge on any atom is -0.444 e. The first-order valence-corrected chi connectivity index (χ1v) is 16.9. The highest BCUT2D eigenvalue weighted by Crippen LogP contribution is 2.28. The summed E-state index contributed by atoms with van der Waals surface area (Å²) in [5.74, 6) is 0.997. The Kier molecular flexibility index (Phi) is 10.8. The Labute approximate surface area is 301 Å². The van der Waals surface area contributed by atoms with Crippen LogP contribution in [0.1, 0.15) is 48.4 Å². The fourth-order valence-corrected chi connectivity index (χ4v) is 5.62. The lowest BCUT2D eigenvalue weighted by Crippen LogP contribution is -2.50. The molecule has 4 heterocycles. The van der Waals surface area contributed by atoms with E-state index in [4.69, 9.17) is 9.72 Å². The maximum absolute atomic E-state index is 13.3. The Hall–Kier alpha value is -6.21. The largest absolute Gasteiger partial charge is 0.444 e. The van der Waals surface area contributed by atoms with Gasteiger partial charge in [-0.1, -0.05) is 54.6 Å². The van der Waals surface area contributed by atoms with E-state index in [1.807, 2.05) is 32.9 Å². The van der Waals surface area contributed by atoms with E-state index in [1.165, 1.54) is 0 Å². The maximum atomic E-state index is 13.3. The second kappa shape index (κ2) is 15.8. The number of nitrogens with zero attached hydrogens (tertiary/aromatic N) is 6. The van der Waals surface area contributed by atoms with Crippen LogP contribution in [-0.2, 0) is 16.0 Å². The van der Waals surface area contributed by atoms with Crippen LogP contribution in [0.4, 0.5) is 27.9 Å². The van der Waals surface area contributed by atoms with Crippen molar-refractivity contribution in [2.24, 2.45) is 0 Å². The quantitative estimate of drug-likeness (QED) is 0.150. The first-order chi connectivity index (χ1) is 25.0.